The zero-order valence-corrected chi connectivity index (χ0v) is 16.1. The van der Waals surface area contributed by atoms with Crippen LogP contribution in [0, 0.1) is 20.8 Å². The number of pyridine rings is 1. The minimum absolute atomic E-state index is 0.0851. The molecule has 2 rings (SSSR count). The maximum Gasteiger partial charge on any atom is 0.406 e. The molecule has 26 heavy (non-hydrogen) atoms. The standard InChI is InChI=1S/C9H12O3S.C8H10N2O3/c1-6-4-7(2)9(8(3)5-6)13(10,11)12;1-12-6-3-4-7(8(11)13-2)10(9)5-6/h4-5H,1-3H3,(H,10,11,12);3-5H,1-2H3,(H-,9,11). The fourth-order valence-corrected chi connectivity index (χ4v) is 3.36. The minimum Gasteiger partial charge on any atom is -0.744 e. The van der Waals surface area contributed by atoms with E-state index in [1.165, 1.54) is 26.5 Å². The lowest BCUT2D eigenvalue weighted by molar-refractivity contribution is -0.642. The fourth-order valence-electron chi connectivity index (χ4n) is 2.46. The summed E-state index contributed by atoms with van der Waals surface area (Å²) in [4.78, 5) is 11.0. The first-order chi connectivity index (χ1) is 12.0. The van der Waals surface area contributed by atoms with Crippen molar-refractivity contribution < 1.29 is 31.9 Å². The average molecular weight is 382 g/mol. The average Bonchev–Trinajstić information content (AvgIpc) is 2.52. The number of carbonyl (C=O) groups is 1. The Labute approximate surface area is 152 Å². The van der Waals surface area contributed by atoms with Crippen molar-refractivity contribution in [2.75, 3.05) is 20.1 Å². The van der Waals surface area contributed by atoms with Crippen molar-refractivity contribution in [3.63, 3.8) is 0 Å². The van der Waals surface area contributed by atoms with Crippen molar-refractivity contribution in [2.45, 2.75) is 25.7 Å². The highest BCUT2D eigenvalue weighted by atomic mass is 32.2. The molecule has 2 N–H and O–H groups in total. The van der Waals surface area contributed by atoms with Crippen molar-refractivity contribution in [3.8, 4) is 5.75 Å². The van der Waals surface area contributed by atoms with Crippen LogP contribution in [0.3, 0.4) is 0 Å². The van der Waals surface area contributed by atoms with Crippen LogP contribution in [0.1, 0.15) is 27.2 Å². The van der Waals surface area contributed by atoms with Crippen LogP contribution in [0.4, 0.5) is 0 Å². The monoisotopic (exact) mass is 382 g/mol. The number of carbonyl (C=O) groups excluding carboxylic acids is 1. The Balaban J connectivity index is 0.000000260. The summed E-state index contributed by atoms with van der Waals surface area (Å²) >= 11 is 0. The molecule has 0 fully saturated rings. The predicted octanol–water partition coefficient (Wildman–Crippen LogP) is 0.999. The number of rotatable bonds is 3. The van der Waals surface area contributed by atoms with E-state index in [2.05, 4.69) is 4.74 Å². The largest absolute Gasteiger partial charge is 0.744 e. The van der Waals surface area contributed by atoms with Crippen molar-refractivity contribution >= 4 is 16.1 Å². The molecule has 0 bridgehead atoms. The van der Waals surface area contributed by atoms with E-state index < -0.39 is 16.1 Å². The summed E-state index contributed by atoms with van der Waals surface area (Å²) in [5.41, 5.74) is 2.27. The molecule has 0 radical (unpaired) electrons. The molecule has 0 aliphatic rings. The van der Waals surface area contributed by atoms with Crippen LogP contribution in [-0.2, 0) is 14.9 Å². The molecule has 0 atom stereocenters. The normalized spacial score (nSPS) is 10.5. The number of nitrogen functional groups attached to an aromatic ring is 1. The van der Waals surface area contributed by atoms with E-state index in [0.29, 0.717) is 16.9 Å². The number of hydrogen-bond donors (Lipinski definition) is 1. The minimum atomic E-state index is -4.33. The SMILES string of the molecule is COC(=O)c1ccc(OC)c[n+]1N.Cc1cc(C)c(S(=O)(=O)[O-])c(C)c1. The lowest BCUT2D eigenvalue weighted by Gasteiger charge is -2.14. The smallest absolute Gasteiger partial charge is 0.406 e. The van der Waals surface area contributed by atoms with Crippen molar-refractivity contribution in [3.05, 3.63) is 52.8 Å². The van der Waals surface area contributed by atoms with Gasteiger partial charge in [-0.1, -0.05) is 22.4 Å². The van der Waals surface area contributed by atoms with Crippen LogP contribution in [0.25, 0.3) is 0 Å². The fraction of sp³-hybridized carbons (Fsp3) is 0.294. The third kappa shape index (κ3) is 5.43. The molecule has 0 saturated heterocycles. The quantitative estimate of drug-likeness (QED) is 0.363. The van der Waals surface area contributed by atoms with Crippen LogP contribution >= 0.6 is 0 Å². The molecule has 0 unspecified atom stereocenters. The van der Waals surface area contributed by atoms with Gasteiger partial charge in [-0.05, 0) is 38.0 Å². The van der Waals surface area contributed by atoms with E-state index in [9.17, 15) is 17.8 Å². The number of benzene rings is 1. The number of aryl methyl sites for hydroxylation is 3. The summed E-state index contributed by atoms with van der Waals surface area (Å²) in [6.07, 6.45) is 1.49. The van der Waals surface area contributed by atoms with Gasteiger partial charge >= 0.3 is 11.7 Å². The molecule has 0 aliphatic heterocycles. The van der Waals surface area contributed by atoms with Gasteiger partial charge in [0.25, 0.3) is 0 Å². The van der Waals surface area contributed by atoms with Gasteiger partial charge in [-0.25, -0.2) is 19.1 Å². The molecule has 142 valence electrons. The summed E-state index contributed by atoms with van der Waals surface area (Å²) in [7, 11) is -1.51. The molecular weight excluding hydrogens is 360 g/mol. The van der Waals surface area contributed by atoms with E-state index in [1.54, 1.807) is 32.0 Å². The highest BCUT2D eigenvalue weighted by Crippen LogP contribution is 2.20. The molecular formula is C17H22N2O6S. The van der Waals surface area contributed by atoms with Gasteiger partial charge in [-0.15, -0.1) is 0 Å². The molecule has 0 aliphatic carbocycles. The van der Waals surface area contributed by atoms with Gasteiger partial charge in [0.1, 0.15) is 10.1 Å². The maximum absolute atomic E-state index is 11.1. The molecule has 0 saturated carbocycles. The van der Waals surface area contributed by atoms with E-state index in [0.717, 1.165) is 10.2 Å². The molecule has 9 heteroatoms. The Hall–Kier alpha value is -2.65. The molecule has 1 heterocycles. The van der Waals surface area contributed by atoms with E-state index in [4.69, 9.17) is 10.6 Å². The zero-order chi connectivity index (χ0) is 20.1. The molecule has 1 aromatic carbocycles. The summed E-state index contributed by atoms with van der Waals surface area (Å²) in [6, 6.07) is 6.55. The first-order valence-electron chi connectivity index (χ1n) is 7.48. The summed E-state index contributed by atoms with van der Waals surface area (Å²) in [5, 5.41) is 0. The van der Waals surface area contributed by atoms with E-state index >= 15 is 0 Å². The first-order valence-corrected chi connectivity index (χ1v) is 8.89. The molecule has 2 aromatic rings. The Morgan fingerprint density at radius 2 is 1.65 bits per heavy atom. The van der Waals surface area contributed by atoms with Gasteiger partial charge in [0.15, 0.2) is 5.75 Å². The molecule has 0 amide bonds. The number of nitrogens with zero attached hydrogens (tertiary/aromatic N) is 1. The van der Waals surface area contributed by atoms with Crippen molar-refractivity contribution in [2.24, 2.45) is 0 Å². The lowest BCUT2D eigenvalue weighted by atomic mass is 10.1. The van der Waals surface area contributed by atoms with Crippen LogP contribution < -0.4 is 15.3 Å². The van der Waals surface area contributed by atoms with Crippen molar-refractivity contribution in [1.82, 2.24) is 0 Å². The number of aromatic nitrogens is 1. The highest BCUT2D eigenvalue weighted by molar-refractivity contribution is 7.85. The molecule has 0 spiro atoms. The number of nitrogens with two attached hydrogens (primary N) is 1. The Kier molecular flexibility index (Phi) is 7.10. The predicted molar refractivity (Wildman–Crippen MR) is 93.3 cm³/mol. The molecule has 8 nitrogen and oxygen atoms in total. The zero-order valence-electron chi connectivity index (χ0n) is 15.3. The van der Waals surface area contributed by atoms with E-state index in [1.807, 2.05) is 6.92 Å². The maximum atomic E-state index is 11.1. The lowest BCUT2D eigenvalue weighted by Crippen LogP contribution is -2.49. The van der Waals surface area contributed by atoms with Gasteiger partial charge in [-0.2, -0.15) is 0 Å². The number of ether oxygens (including phenoxy) is 2. The third-order valence-electron chi connectivity index (χ3n) is 3.43. The number of esters is 1. The third-order valence-corrected chi connectivity index (χ3v) is 4.58. The van der Waals surface area contributed by atoms with Crippen LogP contribution in [0.5, 0.6) is 5.75 Å². The van der Waals surface area contributed by atoms with Crippen molar-refractivity contribution in [1.29, 1.82) is 0 Å². The van der Waals surface area contributed by atoms with Gasteiger partial charge in [0.05, 0.1) is 19.1 Å². The summed E-state index contributed by atoms with van der Waals surface area (Å²) in [5.74, 6) is 5.61. The number of hydrogen-bond acceptors (Lipinski definition) is 7. The first kappa shape index (κ1) is 21.4. The van der Waals surface area contributed by atoms with E-state index in [-0.39, 0.29) is 10.6 Å². The molecule has 1 aromatic heterocycles. The topological polar surface area (TPSA) is 123 Å². The Morgan fingerprint density at radius 3 is 2.04 bits per heavy atom. The second-order valence-electron chi connectivity index (χ2n) is 5.53. The summed E-state index contributed by atoms with van der Waals surface area (Å²) < 4.78 is 43.1. The Bertz CT molecular complexity index is 886. The van der Waals surface area contributed by atoms with Gasteiger partial charge in [0.2, 0.25) is 6.20 Å². The second-order valence-corrected chi connectivity index (χ2v) is 6.85. The Morgan fingerprint density at radius 1 is 1.12 bits per heavy atom. The second kappa shape index (κ2) is 8.63. The summed E-state index contributed by atoms with van der Waals surface area (Å²) in [6.45, 7) is 5.12. The van der Waals surface area contributed by atoms with Crippen LogP contribution in [0.15, 0.2) is 35.4 Å². The van der Waals surface area contributed by atoms with Crippen LogP contribution in [0.2, 0.25) is 0 Å². The van der Waals surface area contributed by atoms with Gasteiger partial charge in [-0.3, -0.25) is 0 Å². The van der Waals surface area contributed by atoms with Gasteiger partial charge in [0, 0.05) is 6.07 Å². The number of methoxy groups -OCH3 is 2. The van der Waals surface area contributed by atoms with Gasteiger partial charge < -0.3 is 14.0 Å². The highest BCUT2D eigenvalue weighted by Gasteiger charge is 2.18. The van der Waals surface area contributed by atoms with Crippen LogP contribution in [-0.4, -0.2) is 33.2 Å².